The van der Waals surface area contributed by atoms with Gasteiger partial charge in [0.1, 0.15) is 6.54 Å². The first-order valence-corrected chi connectivity index (χ1v) is 9.04. The smallest absolute Gasteiger partial charge is 0.255 e. The molecule has 5 heteroatoms. The van der Waals surface area contributed by atoms with Gasteiger partial charge in [-0.25, -0.2) is 4.57 Å². The summed E-state index contributed by atoms with van der Waals surface area (Å²) in [5.74, 6) is 0.120. The fraction of sp³-hybridized carbons (Fsp3) is 0.368. The maximum absolute atomic E-state index is 13.0. The summed E-state index contributed by atoms with van der Waals surface area (Å²) >= 11 is 3.51. The molecule has 128 valence electrons. The number of aromatic nitrogens is 1. The van der Waals surface area contributed by atoms with Crippen LogP contribution in [0, 0.1) is 0 Å². The zero-order valence-electron chi connectivity index (χ0n) is 13.8. The average molecular weight is 501 g/mol. The number of nitrogens with zero attached hydrogens (tertiary/aromatic N) is 2. The van der Waals surface area contributed by atoms with E-state index in [0.29, 0.717) is 0 Å². The topological polar surface area (TPSA) is 24.2 Å². The number of carbonyl (C=O) groups is 1. The van der Waals surface area contributed by atoms with Crippen LogP contribution < -0.4 is 28.5 Å². The van der Waals surface area contributed by atoms with Crippen molar-refractivity contribution in [2.24, 2.45) is 0 Å². The summed E-state index contributed by atoms with van der Waals surface area (Å²) in [4.78, 5) is 15.1. The van der Waals surface area contributed by atoms with Crippen molar-refractivity contribution < 1.29 is 33.3 Å². The summed E-state index contributed by atoms with van der Waals surface area (Å²) in [5.41, 5.74) is 1.98. The third kappa shape index (κ3) is 4.17. The molecule has 1 aliphatic heterocycles. The minimum Gasteiger partial charge on any atom is -1.00 e. The van der Waals surface area contributed by atoms with Crippen LogP contribution in [0.2, 0.25) is 0 Å². The molecule has 3 nitrogen and oxygen atoms in total. The molecular weight excluding hydrogens is 479 g/mol. The molecule has 0 N–H and O–H groups in total. The lowest BCUT2D eigenvalue weighted by Crippen LogP contribution is -3.00. The van der Waals surface area contributed by atoms with Gasteiger partial charge in [0, 0.05) is 22.6 Å². The van der Waals surface area contributed by atoms with Gasteiger partial charge in [-0.3, -0.25) is 4.79 Å². The number of hydrogen-bond donors (Lipinski definition) is 0. The Morgan fingerprint density at radius 1 is 1.25 bits per heavy atom. The van der Waals surface area contributed by atoms with Crippen LogP contribution in [0.5, 0.6) is 0 Å². The second-order valence-electron chi connectivity index (χ2n) is 5.96. The normalized spacial score (nSPS) is 17.2. The van der Waals surface area contributed by atoms with Crippen molar-refractivity contribution in [3.05, 3.63) is 64.4 Å². The molecule has 1 aromatic carbocycles. The lowest BCUT2D eigenvalue weighted by atomic mass is 9.95. The number of piperidine rings is 1. The quantitative estimate of drug-likeness (QED) is 0.458. The number of halogens is 2. The predicted octanol–water partition coefficient (Wildman–Crippen LogP) is 1.13. The third-order valence-electron chi connectivity index (χ3n) is 4.50. The molecular formula is C19H22BrIN2O. The highest BCUT2D eigenvalue weighted by molar-refractivity contribution is 9.10. The molecule has 1 atom stereocenters. The van der Waals surface area contributed by atoms with Crippen LogP contribution in [0.1, 0.15) is 48.1 Å². The molecule has 1 aliphatic rings. The van der Waals surface area contributed by atoms with Gasteiger partial charge in [0.15, 0.2) is 12.4 Å². The molecule has 1 aromatic heterocycles. The zero-order valence-corrected chi connectivity index (χ0v) is 17.5. The molecule has 1 saturated heterocycles. The fourth-order valence-corrected chi connectivity index (χ4v) is 3.70. The van der Waals surface area contributed by atoms with Gasteiger partial charge in [-0.2, -0.15) is 0 Å². The first-order chi connectivity index (χ1) is 11.2. The van der Waals surface area contributed by atoms with Gasteiger partial charge < -0.3 is 28.9 Å². The van der Waals surface area contributed by atoms with Gasteiger partial charge in [0.05, 0.1) is 11.6 Å². The van der Waals surface area contributed by atoms with Crippen molar-refractivity contribution in [2.45, 2.75) is 38.8 Å². The molecule has 1 unspecified atom stereocenters. The Kier molecular flexibility index (Phi) is 7.22. The maximum Gasteiger partial charge on any atom is 0.255 e. The fourth-order valence-electron chi connectivity index (χ4n) is 3.25. The molecule has 0 spiro atoms. The van der Waals surface area contributed by atoms with E-state index in [1.807, 2.05) is 29.2 Å². The van der Waals surface area contributed by atoms with Crippen LogP contribution in [0.4, 0.5) is 0 Å². The standard InChI is InChI=1S/C19H22BrN2O.HI/c1-2-21-12-7-8-15(14-21)18-11-5-6-13-22(18)19(23)16-9-3-4-10-17(16)20;/h3-4,7-10,12,14,18H,2,5-6,11,13H2,1H3;1H/q+1;/p-1. The number of aryl methyl sites for hydroxylation is 1. The van der Waals surface area contributed by atoms with Crippen LogP contribution in [-0.4, -0.2) is 17.4 Å². The second-order valence-corrected chi connectivity index (χ2v) is 6.81. The van der Waals surface area contributed by atoms with Gasteiger partial charge in [0.2, 0.25) is 0 Å². The Balaban J connectivity index is 0.00000208. The lowest BCUT2D eigenvalue weighted by molar-refractivity contribution is -0.694. The summed E-state index contributed by atoms with van der Waals surface area (Å²) in [6, 6.07) is 12.1. The van der Waals surface area contributed by atoms with Gasteiger partial charge >= 0.3 is 0 Å². The Hall–Kier alpha value is -0.950. The number of likely N-dealkylation sites (tertiary alicyclic amines) is 1. The van der Waals surface area contributed by atoms with E-state index in [0.717, 1.165) is 36.0 Å². The molecule has 0 aliphatic carbocycles. The molecule has 2 aromatic rings. The van der Waals surface area contributed by atoms with Crippen LogP contribution in [-0.2, 0) is 6.54 Å². The highest BCUT2D eigenvalue weighted by Crippen LogP contribution is 2.32. The predicted molar refractivity (Wildman–Crippen MR) is 94.1 cm³/mol. The Labute approximate surface area is 169 Å². The van der Waals surface area contributed by atoms with Crippen LogP contribution in [0.3, 0.4) is 0 Å². The van der Waals surface area contributed by atoms with Gasteiger partial charge in [-0.15, -0.1) is 0 Å². The van der Waals surface area contributed by atoms with Gasteiger partial charge in [0.25, 0.3) is 5.91 Å². The van der Waals surface area contributed by atoms with Crippen LogP contribution >= 0.6 is 15.9 Å². The number of amides is 1. The minimum absolute atomic E-state index is 0. The third-order valence-corrected chi connectivity index (χ3v) is 5.19. The van der Waals surface area contributed by atoms with E-state index < -0.39 is 0 Å². The summed E-state index contributed by atoms with van der Waals surface area (Å²) < 4.78 is 3.04. The summed E-state index contributed by atoms with van der Waals surface area (Å²) in [6.45, 7) is 3.90. The maximum atomic E-state index is 13.0. The number of rotatable bonds is 3. The molecule has 0 radical (unpaired) electrons. The largest absolute Gasteiger partial charge is 1.00 e. The number of benzene rings is 1. The van der Waals surface area contributed by atoms with Crippen LogP contribution in [0.15, 0.2) is 53.3 Å². The highest BCUT2D eigenvalue weighted by atomic mass is 127. The summed E-state index contributed by atoms with van der Waals surface area (Å²) in [5, 5.41) is 0. The Morgan fingerprint density at radius 3 is 2.79 bits per heavy atom. The van der Waals surface area contributed by atoms with E-state index >= 15 is 0 Å². The highest BCUT2D eigenvalue weighted by Gasteiger charge is 2.30. The van der Waals surface area contributed by atoms with E-state index in [9.17, 15) is 4.79 Å². The molecule has 24 heavy (non-hydrogen) atoms. The van der Waals surface area contributed by atoms with Crippen molar-refractivity contribution in [1.29, 1.82) is 0 Å². The lowest BCUT2D eigenvalue weighted by Gasteiger charge is -2.35. The van der Waals surface area contributed by atoms with Crippen molar-refractivity contribution in [3.8, 4) is 0 Å². The Bertz CT molecular complexity index is 707. The molecule has 3 rings (SSSR count). The Morgan fingerprint density at radius 2 is 2.04 bits per heavy atom. The molecule has 1 amide bonds. The summed E-state index contributed by atoms with van der Waals surface area (Å²) in [7, 11) is 0. The van der Waals surface area contributed by atoms with E-state index in [1.54, 1.807) is 0 Å². The second kappa shape index (κ2) is 8.94. The zero-order chi connectivity index (χ0) is 16.2. The van der Waals surface area contributed by atoms with Crippen molar-refractivity contribution >= 4 is 21.8 Å². The van der Waals surface area contributed by atoms with E-state index in [2.05, 4.69) is 51.9 Å². The first kappa shape index (κ1) is 19.4. The van der Waals surface area contributed by atoms with E-state index in [4.69, 9.17) is 0 Å². The first-order valence-electron chi connectivity index (χ1n) is 8.25. The summed E-state index contributed by atoms with van der Waals surface area (Å²) in [6.07, 6.45) is 7.53. The average Bonchev–Trinajstić information content (AvgIpc) is 2.61. The van der Waals surface area contributed by atoms with Crippen molar-refractivity contribution in [1.82, 2.24) is 4.90 Å². The van der Waals surface area contributed by atoms with E-state index in [1.165, 1.54) is 12.0 Å². The number of pyridine rings is 1. The monoisotopic (exact) mass is 500 g/mol. The minimum atomic E-state index is 0. The van der Waals surface area contributed by atoms with Crippen molar-refractivity contribution in [2.75, 3.05) is 6.54 Å². The SMILES string of the molecule is CC[n+]1cccc(C2CCCCN2C(=O)c2ccccc2Br)c1.[I-]. The van der Waals surface area contributed by atoms with Crippen molar-refractivity contribution in [3.63, 3.8) is 0 Å². The van der Waals surface area contributed by atoms with E-state index in [-0.39, 0.29) is 35.9 Å². The molecule has 1 fully saturated rings. The number of hydrogen-bond acceptors (Lipinski definition) is 1. The molecule has 0 bridgehead atoms. The van der Waals surface area contributed by atoms with Gasteiger partial charge in [-0.05, 0) is 60.3 Å². The van der Waals surface area contributed by atoms with Gasteiger partial charge in [-0.1, -0.05) is 12.1 Å². The van der Waals surface area contributed by atoms with Crippen LogP contribution in [0.25, 0.3) is 0 Å². The molecule has 0 saturated carbocycles. The molecule has 2 heterocycles. The number of carbonyl (C=O) groups excluding carboxylic acids is 1.